The lowest BCUT2D eigenvalue weighted by Gasteiger charge is -2.34. The smallest absolute Gasteiger partial charge is 0.257 e. The van der Waals surface area contributed by atoms with Crippen LogP contribution < -0.4 is 5.32 Å². The van der Waals surface area contributed by atoms with E-state index in [-0.39, 0.29) is 11.9 Å². The highest BCUT2D eigenvalue weighted by Gasteiger charge is 2.26. The quantitative estimate of drug-likeness (QED) is 0.871. The third-order valence-electron chi connectivity index (χ3n) is 4.74. The lowest BCUT2D eigenvalue weighted by atomic mass is 9.97. The zero-order valence-corrected chi connectivity index (χ0v) is 15.0. The van der Waals surface area contributed by atoms with Crippen molar-refractivity contribution in [3.63, 3.8) is 0 Å². The van der Waals surface area contributed by atoms with Crippen LogP contribution in [0.1, 0.15) is 55.2 Å². The van der Waals surface area contributed by atoms with E-state index in [1.165, 1.54) is 6.26 Å². The number of furan rings is 1. The Kier molecular flexibility index (Phi) is 5.87. The largest absolute Gasteiger partial charge is 0.472 e. The molecule has 1 atom stereocenters. The molecule has 0 unspecified atom stereocenters. The molecule has 0 aliphatic carbocycles. The second-order valence-corrected chi connectivity index (χ2v) is 7.18. The lowest BCUT2D eigenvalue weighted by molar-refractivity contribution is 0.0699. The zero-order chi connectivity index (χ0) is 17.6. The summed E-state index contributed by atoms with van der Waals surface area (Å²) < 4.78 is 5.02. The number of aromatic nitrogens is 1. The molecule has 2 aromatic heterocycles. The molecule has 0 spiro atoms. The van der Waals surface area contributed by atoms with Crippen LogP contribution in [0.2, 0.25) is 0 Å². The molecular formula is C20H27N3O2. The van der Waals surface area contributed by atoms with Crippen molar-refractivity contribution in [2.24, 2.45) is 5.92 Å². The molecule has 1 saturated heterocycles. The molecule has 0 radical (unpaired) electrons. The van der Waals surface area contributed by atoms with Gasteiger partial charge in [0.15, 0.2) is 0 Å². The van der Waals surface area contributed by atoms with Gasteiger partial charge < -0.3 is 14.6 Å². The first kappa shape index (κ1) is 17.7. The normalized spacial score (nSPS) is 17.0. The number of carbonyl (C=O) groups excluding carboxylic acids is 1. The second kappa shape index (κ2) is 8.30. The zero-order valence-electron chi connectivity index (χ0n) is 15.0. The third kappa shape index (κ3) is 4.69. The summed E-state index contributed by atoms with van der Waals surface area (Å²) in [6.07, 6.45) is 7.91. The maximum absolute atomic E-state index is 12.4. The third-order valence-corrected chi connectivity index (χ3v) is 4.74. The maximum atomic E-state index is 12.4. The molecule has 0 saturated carbocycles. The molecule has 0 bridgehead atoms. The number of rotatable bonds is 6. The van der Waals surface area contributed by atoms with E-state index in [0.717, 1.165) is 38.0 Å². The van der Waals surface area contributed by atoms with Crippen LogP contribution in [0.5, 0.6) is 0 Å². The van der Waals surface area contributed by atoms with E-state index in [1.807, 2.05) is 23.2 Å². The van der Waals surface area contributed by atoms with Crippen molar-refractivity contribution in [3.8, 4) is 0 Å². The number of piperidine rings is 1. The van der Waals surface area contributed by atoms with Crippen LogP contribution in [0.4, 0.5) is 0 Å². The monoisotopic (exact) mass is 341 g/mol. The number of nitrogens with zero attached hydrogens (tertiary/aromatic N) is 2. The van der Waals surface area contributed by atoms with Gasteiger partial charge in [-0.05, 0) is 43.4 Å². The average molecular weight is 341 g/mol. The summed E-state index contributed by atoms with van der Waals surface area (Å²) in [4.78, 5) is 18.8. The number of pyridine rings is 1. The first-order chi connectivity index (χ1) is 12.1. The van der Waals surface area contributed by atoms with E-state index in [9.17, 15) is 4.79 Å². The van der Waals surface area contributed by atoms with Gasteiger partial charge in [0.05, 0.1) is 17.5 Å². The minimum atomic E-state index is 0.0654. The Hall–Kier alpha value is -2.14. The van der Waals surface area contributed by atoms with Crippen molar-refractivity contribution < 1.29 is 9.21 Å². The predicted molar refractivity (Wildman–Crippen MR) is 97.2 cm³/mol. The minimum absolute atomic E-state index is 0.0654. The second-order valence-electron chi connectivity index (χ2n) is 7.18. The molecule has 1 aliphatic rings. The Morgan fingerprint density at radius 1 is 1.32 bits per heavy atom. The molecule has 1 amide bonds. The molecule has 2 aromatic rings. The van der Waals surface area contributed by atoms with Gasteiger partial charge in [-0.2, -0.15) is 0 Å². The van der Waals surface area contributed by atoms with Crippen LogP contribution in [-0.4, -0.2) is 34.9 Å². The Morgan fingerprint density at radius 3 is 2.72 bits per heavy atom. The summed E-state index contributed by atoms with van der Waals surface area (Å²) in [6, 6.07) is 8.50. The molecule has 134 valence electrons. The number of carbonyl (C=O) groups is 1. The molecule has 1 aliphatic heterocycles. The van der Waals surface area contributed by atoms with Crippen LogP contribution in [0.15, 0.2) is 47.4 Å². The summed E-state index contributed by atoms with van der Waals surface area (Å²) in [6.45, 7) is 6.03. The van der Waals surface area contributed by atoms with E-state index in [2.05, 4.69) is 30.2 Å². The van der Waals surface area contributed by atoms with Crippen molar-refractivity contribution in [1.29, 1.82) is 0 Å². The highest BCUT2D eigenvalue weighted by Crippen LogP contribution is 2.23. The van der Waals surface area contributed by atoms with Gasteiger partial charge in [0.2, 0.25) is 0 Å². The van der Waals surface area contributed by atoms with Gasteiger partial charge in [0.1, 0.15) is 6.26 Å². The molecular weight excluding hydrogens is 314 g/mol. The lowest BCUT2D eigenvalue weighted by Crippen LogP contribution is -2.46. The fourth-order valence-electron chi connectivity index (χ4n) is 3.43. The van der Waals surface area contributed by atoms with E-state index >= 15 is 0 Å². The van der Waals surface area contributed by atoms with E-state index in [0.29, 0.717) is 17.5 Å². The Morgan fingerprint density at radius 2 is 2.12 bits per heavy atom. The summed E-state index contributed by atoms with van der Waals surface area (Å²) >= 11 is 0. The van der Waals surface area contributed by atoms with Crippen molar-refractivity contribution in [3.05, 3.63) is 54.2 Å². The number of likely N-dealkylation sites (tertiary alicyclic amines) is 1. The van der Waals surface area contributed by atoms with E-state index < -0.39 is 0 Å². The number of hydrogen-bond acceptors (Lipinski definition) is 4. The van der Waals surface area contributed by atoms with Crippen LogP contribution in [0.3, 0.4) is 0 Å². The fourth-order valence-corrected chi connectivity index (χ4v) is 3.43. The molecule has 1 fully saturated rings. The summed E-state index contributed by atoms with van der Waals surface area (Å²) in [5.74, 6) is 0.665. The van der Waals surface area contributed by atoms with Crippen LogP contribution in [0.25, 0.3) is 0 Å². The van der Waals surface area contributed by atoms with Crippen LogP contribution >= 0.6 is 0 Å². The molecule has 3 heterocycles. The highest BCUT2D eigenvalue weighted by atomic mass is 16.3. The standard InChI is InChI=1S/C20H27N3O2/c1-15(2)13-19(18-5-3-4-9-21-18)22-17-6-10-23(11-7-17)20(24)16-8-12-25-14-16/h3-5,8-9,12,14-15,17,19,22H,6-7,10-11,13H2,1-2H3/t19-/m1/s1. The Bertz CT molecular complexity index is 647. The highest BCUT2D eigenvalue weighted by molar-refractivity contribution is 5.93. The Balaban J connectivity index is 1.57. The van der Waals surface area contributed by atoms with Crippen molar-refractivity contribution in [1.82, 2.24) is 15.2 Å². The predicted octanol–water partition coefficient (Wildman–Crippen LogP) is 3.66. The first-order valence-electron chi connectivity index (χ1n) is 9.12. The molecule has 25 heavy (non-hydrogen) atoms. The average Bonchev–Trinajstić information content (AvgIpc) is 3.16. The van der Waals surface area contributed by atoms with Gasteiger partial charge in [-0.15, -0.1) is 0 Å². The molecule has 0 aromatic carbocycles. The molecule has 5 nitrogen and oxygen atoms in total. The van der Waals surface area contributed by atoms with Gasteiger partial charge in [-0.3, -0.25) is 9.78 Å². The van der Waals surface area contributed by atoms with Crippen molar-refractivity contribution >= 4 is 5.91 Å². The number of nitrogens with one attached hydrogen (secondary N) is 1. The molecule has 3 rings (SSSR count). The van der Waals surface area contributed by atoms with E-state index in [1.54, 1.807) is 12.3 Å². The summed E-state index contributed by atoms with van der Waals surface area (Å²) in [7, 11) is 0. The van der Waals surface area contributed by atoms with Crippen molar-refractivity contribution in [2.45, 2.75) is 45.2 Å². The SMILES string of the molecule is CC(C)C[C@@H](NC1CCN(C(=O)c2ccoc2)CC1)c1ccccn1. The fraction of sp³-hybridized carbons (Fsp3) is 0.500. The number of amides is 1. The van der Waals surface area contributed by atoms with Gasteiger partial charge in [0, 0.05) is 31.4 Å². The maximum Gasteiger partial charge on any atom is 0.257 e. The molecule has 5 heteroatoms. The van der Waals surface area contributed by atoms with Gasteiger partial charge in [-0.25, -0.2) is 0 Å². The summed E-state index contributed by atoms with van der Waals surface area (Å²) in [5, 5.41) is 3.78. The number of hydrogen-bond donors (Lipinski definition) is 1. The Labute approximate surface area is 149 Å². The van der Waals surface area contributed by atoms with Gasteiger partial charge in [0.25, 0.3) is 5.91 Å². The van der Waals surface area contributed by atoms with Gasteiger partial charge in [-0.1, -0.05) is 19.9 Å². The van der Waals surface area contributed by atoms with Crippen LogP contribution in [-0.2, 0) is 0 Å². The molecule has 1 N–H and O–H groups in total. The first-order valence-corrected chi connectivity index (χ1v) is 9.12. The topological polar surface area (TPSA) is 58.4 Å². The summed E-state index contributed by atoms with van der Waals surface area (Å²) in [5.41, 5.74) is 1.74. The van der Waals surface area contributed by atoms with Crippen molar-refractivity contribution in [2.75, 3.05) is 13.1 Å². The minimum Gasteiger partial charge on any atom is -0.472 e. The van der Waals surface area contributed by atoms with Gasteiger partial charge >= 0.3 is 0 Å². The van der Waals surface area contributed by atoms with Crippen LogP contribution in [0, 0.1) is 5.92 Å². The van der Waals surface area contributed by atoms with E-state index in [4.69, 9.17) is 4.42 Å².